The van der Waals surface area contributed by atoms with Crippen LogP contribution in [0.4, 0.5) is 0 Å². The second-order valence-electron chi connectivity index (χ2n) is 1.65. The first-order chi connectivity index (χ1) is 4.81. The van der Waals surface area contributed by atoms with Crippen LogP contribution in [0.5, 0.6) is 0 Å². The van der Waals surface area contributed by atoms with Gasteiger partial charge >= 0.3 is 5.97 Å². The highest BCUT2D eigenvalue weighted by Crippen LogP contribution is 1.81. The van der Waals surface area contributed by atoms with E-state index in [2.05, 4.69) is 10.1 Å². The molecule has 4 heteroatoms. The van der Waals surface area contributed by atoms with Gasteiger partial charge in [-0.25, -0.2) is 0 Å². The quantitative estimate of drug-likeness (QED) is 0.328. The van der Waals surface area contributed by atoms with E-state index in [0.29, 0.717) is 19.4 Å². The van der Waals surface area contributed by atoms with Crippen LogP contribution in [-0.2, 0) is 14.3 Å². The van der Waals surface area contributed by atoms with Crippen LogP contribution in [0.15, 0.2) is 0 Å². The number of carbonyl (C=O) groups is 2. The lowest BCUT2D eigenvalue weighted by atomic mass is 10.5. The van der Waals surface area contributed by atoms with E-state index >= 15 is 0 Å². The molecule has 0 atom stereocenters. The number of esters is 1. The van der Waals surface area contributed by atoms with Gasteiger partial charge in [-0.2, -0.15) is 0 Å². The highest BCUT2D eigenvalue weighted by atomic mass is 16.5. The van der Waals surface area contributed by atoms with Gasteiger partial charge in [0.05, 0.1) is 6.54 Å². The van der Waals surface area contributed by atoms with Gasteiger partial charge in [0.25, 0.3) is 0 Å². The summed E-state index contributed by atoms with van der Waals surface area (Å²) >= 11 is 0. The maximum atomic E-state index is 10.4. The van der Waals surface area contributed by atoms with E-state index in [4.69, 9.17) is 0 Å². The molecule has 0 rings (SSSR count). The van der Waals surface area contributed by atoms with Gasteiger partial charge in [0, 0.05) is 6.42 Å². The third-order valence-corrected chi connectivity index (χ3v) is 0.881. The van der Waals surface area contributed by atoms with Crippen LogP contribution in [0, 0.1) is 0 Å². The van der Waals surface area contributed by atoms with Gasteiger partial charge in [-0.15, -0.1) is 0 Å². The molecule has 0 spiro atoms. The number of hydrogen-bond donors (Lipinski definition) is 1. The Morgan fingerprint density at radius 1 is 1.70 bits per heavy atom. The van der Waals surface area contributed by atoms with Crippen molar-refractivity contribution in [1.29, 1.82) is 0 Å². The van der Waals surface area contributed by atoms with Crippen molar-refractivity contribution in [2.75, 3.05) is 13.2 Å². The Balaban J connectivity index is 3.03. The Hall–Kier alpha value is -1.06. The van der Waals surface area contributed by atoms with Crippen LogP contribution in [0.1, 0.15) is 13.3 Å². The monoisotopic (exact) mass is 145 g/mol. The lowest BCUT2D eigenvalue weighted by Crippen LogP contribution is -2.19. The Bertz CT molecular complexity index is 114. The SMILES string of the molecule is CCC(=O)OCCNC=O. The summed E-state index contributed by atoms with van der Waals surface area (Å²) in [5, 5.41) is 2.37. The highest BCUT2D eigenvalue weighted by Gasteiger charge is 1.94. The minimum absolute atomic E-state index is 0.243. The van der Waals surface area contributed by atoms with Crippen molar-refractivity contribution in [3.8, 4) is 0 Å². The summed E-state index contributed by atoms with van der Waals surface area (Å²) in [5.41, 5.74) is 0. The number of ether oxygens (including phenoxy) is 1. The second-order valence-corrected chi connectivity index (χ2v) is 1.65. The maximum absolute atomic E-state index is 10.4. The smallest absolute Gasteiger partial charge is 0.305 e. The van der Waals surface area contributed by atoms with Crippen LogP contribution < -0.4 is 5.32 Å². The molecule has 0 aromatic carbocycles. The molecule has 0 aromatic rings. The Kier molecular flexibility index (Phi) is 5.42. The van der Waals surface area contributed by atoms with E-state index in [9.17, 15) is 9.59 Å². The van der Waals surface area contributed by atoms with Crippen molar-refractivity contribution in [3.05, 3.63) is 0 Å². The molecular weight excluding hydrogens is 134 g/mol. The zero-order valence-electron chi connectivity index (χ0n) is 5.92. The third-order valence-electron chi connectivity index (χ3n) is 0.881. The predicted molar refractivity (Wildman–Crippen MR) is 35.3 cm³/mol. The second kappa shape index (κ2) is 6.07. The summed E-state index contributed by atoms with van der Waals surface area (Å²) in [6.45, 7) is 2.36. The van der Waals surface area contributed by atoms with Crippen LogP contribution in [-0.4, -0.2) is 25.5 Å². The summed E-state index contributed by atoms with van der Waals surface area (Å²) < 4.78 is 4.63. The standard InChI is InChI=1S/C6H11NO3/c1-2-6(9)10-4-3-7-5-8/h5H,2-4H2,1H3,(H,7,8). The molecule has 1 amide bonds. The summed E-state index contributed by atoms with van der Waals surface area (Å²) in [4.78, 5) is 20.1. The normalized spacial score (nSPS) is 8.50. The van der Waals surface area contributed by atoms with Gasteiger partial charge in [0.15, 0.2) is 0 Å². The minimum Gasteiger partial charge on any atom is -0.464 e. The molecule has 0 bridgehead atoms. The van der Waals surface area contributed by atoms with E-state index in [1.54, 1.807) is 6.92 Å². The molecule has 0 saturated carbocycles. The minimum atomic E-state index is -0.243. The zero-order chi connectivity index (χ0) is 7.82. The first-order valence-corrected chi connectivity index (χ1v) is 3.14. The topological polar surface area (TPSA) is 55.4 Å². The molecule has 10 heavy (non-hydrogen) atoms. The number of carbonyl (C=O) groups excluding carboxylic acids is 2. The molecule has 0 saturated heterocycles. The molecule has 0 aromatic heterocycles. The molecule has 0 aliphatic rings. The molecule has 0 aliphatic heterocycles. The largest absolute Gasteiger partial charge is 0.464 e. The van der Waals surface area contributed by atoms with Gasteiger partial charge in [-0.3, -0.25) is 9.59 Å². The summed E-state index contributed by atoms with van der Waals surface area (Å²) in [6, 6.07) is 0. The van der Waals surface area contributed by atoms with Crippen molar-refractivity contribution in [1.82, 2.24) is 5.32 Å². The maximum Gasteiger partial charge on any atom is 0.305 e. The van der Waals surface area contributed by atoms with E-state index in [1.165, 1.54) is 0 Å². The van der Waals surface area contributed by atoms with E-state index in [1.807, 2.05) is 0 Å². The summed E-state index contributed by atoms with van der Waals surface area (Å²) in [5.74, 6) is -0.243. The van der Waals surface area contributed by atoms with E-state index < -0.39 is 0 Å². The number of nitrogens with one attached hydrogen (secondary N) is 1. The molecule has 58 valence electrons. The molecule has 0 radical (unpaired) electrons. The van der Waals surface area contributed by atoms with Crippen LogP contribution in [0.25, 0.3) is 0 Å². The van der Waals surface area contributed by atoms with Crippen molar-refractivity contribution in [2.45, 2.75) is 13.3 Å². The molecular formula is C6H11NO3. The van der Waals surface area contributed by atoms with Crippen LogP contribution in [0.3, 0.4) is 0 Å². The molecule has 0 unspecified atom stereocenters. The first kappa shape index (κ1) is 8.94. The predicted octanol–water partition coefficient (Wildman–Crippen LogP) is -0.314. The van der Waals surface area contributed by atoms with E-state index in [-0.39, 0.29) is 12.6 Å². The van der Waals surface area contributed by atoms with Crippen molar-refractivity contribution < 1.29 is 14.3 Å². The third kappa shape index (κ3) is 5.08. The summed E-state index contributed by atoms with van der Waals surface area (Å²) in [6.07, 6.45) is 0.945. The lowest BCUT2D eigenvalue weighted by molar-refractivity contribution is -0.143. The number of rotatable bonds is 5. The molecule has 1 N–H and O–H groups in total. The lowest BCUT2D eigenvalue weighted by Gasteiger charge is -2.00. The van der Waals surface area contributed by atoms with Gasteiger partial charge < -0.3 is 10.1 Å². The number of hydrogen-bond acceptors (Lipinski definition) is 3. The summed E-state index contributed by atoms with van der Waals surface area (Å²) in [7, 11) is 0. The average Bonchev–Trinajstić information content (AvgIpc) is 1.98. The molecule has 0 heterocycles. The number of amides is 1. The first-order valence-electron chi connectivity index (χ1n) is 3.14. The van der Waals surface area contributed by atoms with Gasteiger partial charge in [-0.1, -0.05) is 6.92 Å². The Labute approximate surface area is 59.6 Å². The van der Waals surface area contributed by atoms with Crippen LogP contribution >= 0.6 is 0 Å². The van der Waals surface area contributed by atoms with Crippen LogP contribution in [0.2, 0.25) is 0 Å². The van der Waals surface area contributed by atoms with E-state index in [0.717, 1.165) is 0 Å². The fourth-order valence-electron chi connectivity index (χ4n) is 0.385. The fourth-order valence-corrected chi connectivity index (χ4v) is 0.385. The Morgan fingerprint density at radius 2 is 2.40 bits per heavy atom. The molecule has 4 nitrogen and oxygen atoms in total. The van der Waals surface area contributed by atoms with Gasteiger partial charge in [0.1, 0.15) is 6.61 Å². The van der Waals surface area contributed by atoms with Gasteiger partial charge in [0.2, 0.25) is 6.41 Å². The van der Waals surface area contributed by atoms with Gasteiger partial charge in [-0.05, 0) is 0 Å². The fraction of sp³-hybridized carbons (Fsp3) is 0.667. The average molecular weight is 145 g/mol. The van der Waals surface area contributed by atoms with Crippen molar-refractivity contribution >= 4 is 12.4 Å². The van der Waals surface area contributed by atoms with Crippen molar-refractivity contribution in [3.63, 3.8) is 0 Å². The molecule has 0 aliphatic carbocycles. The Morgan fingerprint density at radius 3 is 2.90 bits per heavy atom. The van der Waals surface area contributed by atoms with Crippen molar-refractivity contribution in [2.24, 2.45) is 0 Å². The highest BCUT2D eigenvalue weighted by molar-refractivity contribution is 5.68. The molecule has 0 fully saturated rings. The zero-order valence-corrected chi connectivity index (χ0v) is 5.92.